The van der Waals surface area contributed by atoms with Crippen LogP contribution in [-0.2, 0) is 9.53 Å². The molecule has 1 aliphatic carbocycles. The second-order valence-corrected chi connectivity index (χ2v) is 5.58. The highest BCUT2D eigenvalue weighted by atomic mass is 16.5. The van der Waals surface area contributed by atoms with Crippen LogP contribution in [0.15, 0.2) is 0 Å². The van der Waals surface area contributed by atoms with Crippen molar-refractivity contribution in [2.75, 3.05) is 0 Å². The van der Waals surface area contributed by atoms with Crippen molar-refractivity contribution in [1.29, 1.82) is 0 Å². The van der Waals surface area contributed by atoms with Crippen molar-refractivity contribution in [1.82, 2.24) is 0 Å². The summed E-state index contributed by atoms with van der Waals surface area (Å²) in [5.74, 6) is 1.70. The summed E-state index contributed by atoms with van der Waals surface area (Å²) in [6.07, 6.45) is 8.65. The Hall–Kier alpha value is -0.530. The Bertz CT molecular complexity index is 215. The van der Waals surface area contributed by atoms with E-state index in [-0.39, 0.29) is 5.60 Å². The first kappa shape index (κ1) is 13.5. The van der Waals surface area contributed by atoms with E-state index >= 15 is 0 Å². The first-order valence-corrected chi connectivity index (χ1v) is 6.73. The van der Waals surface area contributed by atoms with Gasteiger partial charge in [0.15, 0.2) is 0 Å². The number of carbonyl (C=O) groups is 1. The molecule has 3 atom stereocenters. The minimum atomic E-state index is -0.237. The topological polar surface area (TPSA) is 26.3 Å². The van der Waals surface area contributed by atoms with Crippen LogP contribution in [0.3, 0.4) is 0 Å². The molecule has 0 amide bonds. The van der Waals surface area contributed by atoms with Crippen LogP contribution >= 0.6 is 0 Å². The average Bonchev–Trinajstić information content (AvgIpc) is 2.28. The van der Waals surface area contributed by atoms with Crippen molar-refractivity contribution in [3.8, 4) is 0 Å². The zero-order valence-corrected chi connectivity index (χ0v) is 11.0. The lowest BCUT2D eigenvalue weighted by Crippen LogP contribution is -2.29. The lowest BCUT2D eigenvalue weighted by atomic mass is 9.76. The van der Waals surface area contributed by atoms with Crippen molar-refractivity contribution < 1.29 is 9.53 Å². The molecule has 0 spiro atoms. The molecule has 2 heteroatoms. The smallest absolute Gasteiger partial charge is 0.293 e. The van der Waals surface area contributed by atoms with Crippen LogP contribution in [0.5, 0.6) is 0 Å². The molecule has 0 saturated heterocycles. The van der Waals surface area contributed by atoms with E-state index in [1.165, 1.54) is 32.1 Å². The molecule has 1 fully saturated rings. The summed E-state index contributed by atoms with van der Waals surface area (Å²) >= 11 is 0. The molecule has 3 unspecified atom stereocenters. The minimum Gasteiger partial charge on any atom is -0.462 e. The maximum Gasteiger partial charge on any atom is 0.293 e. The van der Waals surface area contributed by atoms with E-state index in [0.29, 0.717) is 6.47 Å². The van der Waals surface area contributed by atoms with Gasteiger partial charge in [0.1, 0.15) is 5.60 Å². The van der Waals surface area contributed by atoms with Gasteiger partial charge in [-0.3, -0.25) is 4.79 Å². The van der Waals surface area contributed by atoms with Crippen LogP contribution in [0, 0.1) is 11.8 Å². The molecule has 1 aliphatic rings. The summed E-state index contributed by atoms with van der Waals surface area (Å²) < 4.78 is 5.22. The number of carbonyl (C=O) groups excluding carboxylic acids is 1. The average molecular weight is 226 g/mol. The first-order valence-electron chi connectivity index (χ1n) is 6.73. The molecule has 1 saturated carbocycles. The van der Waals surface area contributed by atoms with Gasteiger partial charge >= 0.3 is 0 Å². The first-order chi connectivity index (χ1) is 7.61. The lowest BCUT2D eigenvalue weighted by molar-refractivity contribution is -0.143. The Morgan fingerprint density at radius 1 is 1.38 bits per heavy atom. The zero-order chi connectivity index (χ0) is 12.0. The summed E-state index contributed by atoms with van der Waals surface area (Å²) in [6, 6.07) is 0. The van der Waals surface area contributed by atoms with Gasteiger partial charge in [-0.05, 0) is 38.0 Å². The molecule has 0 bridgehead atoms. The standard InChI is InChI=1S/C14H26O2/c1-4-14(3,16-11-15)10-9-13-8-6-5-7-12(13)2/h11-13H,4-10H2,1-3H3. The fourth-order valence-corrected chi connectivity index (χ4v) is 2.75. The molecule has 94 valence electrons. The van der Waals surface area contributed by atoms with Gasteiger partial charge in [0.05, 0.1) is 0 Å². The number of ether oxygens (including phenoxy) is 1. The predicted molar refractivity (Wildman–Crippen MR) is 66.2 cm³/mol. The largest absolute Gasteiger partial charge is 0.462 e. The molecule has 16 heavy (non-hydrogen) atoms. The lowest BCUT2D eigenvalue weighted by Gasteiger charge is -2.33. The molecule has 2 nitrogen and oxygen atoms in total. The van der Waals surface area contributed by atoms with Crippen LogP contribution in [-0.4, -0.2) is 12.1 Å². The summed E-state index contributed by atoms with van der Waals surface area (Å²) in [5, 5.41) is 0. The molecule has 0 radical (unpaired) electrons. The highest BCUT2D eigenvalue weighted by Crippen LogP contribution is 2.35. The predicted octanol–water partition coefficient (Wildman–Crippen LogP) is 3.93. The van der Waals surface area contributed by atoms with Gasteiger partial charge in [-0.25, -0.2) is 0 Å². The monoisotopic (exact) mass is 226 g/mol. The van der Waals surface area contributed by atoms with E-state index in [9.17, 15) is 4.79 Å². The summed E-state index contributed by atoms with van der Waals surface area (Å²) in [5.41, 5.74) is -0.237. The van der Waals surface area contributed by atoms with E-state index in [1.807, 2.05) is 0 Å². The molecular formula is C14H26O2. The third-order valence-corrected chi connectivity index (χ3v) is 4.41. The van der Waals surface area contributed by atoms with Crippen LogP contribution < -0.4 is 0 Å². The van der Waals surface area contributed by atoms with Crippen molar-refractivity contribution in [3.05, 3.63) is 0 Å². The number of hydrogen-bond acceptors (Lipinski definition) is 2. The number of rotatable bonds is 6. The molecule has 0 heterocycles. The molecule has 0 aromatic heterocycles. The molecule has 0 aliphatic heterocycles. The molecule has 0 aromatic carbocycles. The fourth-order valence-electron chi connectivity index (χ4n) is 2.75. The highest BCUT2D eigenvalue weighted by molar-refractivity contribution is 5.38. The van der Waals surface area contributed by atoms with Crippen molar-refractivity contribution >= 4 is 6.47 Å². The number of hydrogen-bond donors (Lipinski definition) is 0. The second-order valence-electron chi connectivity index (χ2n) is 5.58. The van der Waals surface area contributed by atoms with Gasteiger partial charge in [0.25, 0.3) is 6.47 Å². The molecule has 0 N–H and O–H groups in total. The second kappa shape index (κ2) is 6.27. The Balaban J connectivity index is 2.38. The maximum atomic E-state index is 10.5. The Kier molecular flexibility index (Phi) is 5.30. The van der Waals surface area contributed by atoms with Gasteiger partial charge in [-0.2, -0.15) is 0 Å². The van der Waals surface area contributed by atoms with E-state index in [2.05, 4.69) is 20.8 Å². The van der Waals surface area contributed by atoms with Crippen LogP contribution in [0.25, 0.3) is 0 Å². The van der Waals surface area contributed by atoms with Gasteiger partial charge in [0.2, 0.25) is 0 Å². The zero-order valence-electron chi connectivity index (χ0n) is 11.0. The van der Waals surface area contributed by atoms with Gasteiger partial charge in [-0.15, -0.1) is 0 Å². The normalized spacial score (nSPS) is 29.4. The van der Waals surface area contributed by atoms with Crippen LogP contribution in [0.2, 0.25) is 0 Å². The fraction of sp³-hybridized carbons (Fsp3) is 0.929. The van der Waals surface area contributed by atoms with E-state index in [0.717, 1.165) is 24.7 Å². The van der Waals surface area contributed by atoms with Gasteiger partial charge in [0, 0.05) is 0 Å². The van der Waals surface area contributed by atoms with Gasteiger partial charge < -0.3 is 4.74 Å². The Morgan fingerprint density at radius 2 is 2.06 bits per heavy atom. The van der Waals surface area contributed by atoms with Gasteiger partial charge in [-0.1, -0.05) is 39.5 Å². The van der Waals surface area contributed by atoms with E-state index < -0.39 is 0 Å². The third kappa shape index (κ3) is 3.80. The SMILES string of the molecule is CCC(C)(CCC1CCCCC1C)OC=O. The minimum absolute atomic E-state index is 0.237. The quantitative estimate of drug-likeness (QED) is 0.641. The van der Waals surface area contributed by atoms with E-state index in [1.54, 1.807) is 0 Å². The van der Waals surface area contributed by atoms with Crippen LogP contribution in [0.1, 0.15) is 65.7 Å². The molecule has 0 aromatic rings. The van der Waals surface area contributed by atoms with E-state index in [4.69, 9.17) is 4.74 Å². The molecular weight excluding hydrogens is 200 g/mol. The maximum absolute atomic E-state index is 10.5. The summed E-state index contributed by atoms with van der Waals surface area (Å²) in [7, 11) is 0. The van der Waals surface area contributed by atoms with Crippen molar-refractivity contribution in [2.24, 2.45) is 11.8 Å². The third-order valence-electron chi connectivity index (χ3n) is 4.41. The Morgan fingerprint density at radius 3 is 2.62 bits per heavy atom. The molecule has 1 rings (SSSR count). The summed E-state index contributed by atoms with van der Waals surface area (Å²) in [6.45, 7) is 7.12. The Labute approximate surface area is 99.8 Å². The van der Waals surface area contributed by atoms with Crippen molar-refractivity contribution in [2.45, 2.75) is 71.3 Å². The van der Waals surface area contributed by atoms with Crippen molar-refractivity contribution in [3.63, 3.8) is 0 Å². The summed E-state index contributed by atoms with van der Waals surface area (Å²) in [4.78, 5) is 10.5. The van der Waals surface area contributed by atoms with Crippen LogP contribution in [0.4, 0.5) is 0 Å². The highest BCUT2D eigenvalue weighted by Gasteiger charge is 2.27.